The number of nitrogens with zero attached hydrogens (tertiary/aromatic N) is 4. The third-order valence-corrected chi connectivity index (χ3v) is 14.0. The Labute approximate surface area is 464 Å². The zero-order chi connectivity index (χ0) is 57.0. The van der Waals surface area contributed by atoms with E-state index in [1.807, 2.05) is 19.6 Å². The normalized spacial score (nSPS) is 21.2. The molecule has 0 atom stereocenters. The summed E-state index contributed by atoms with van der Waals surface area (Å²) in [6.07, 6.45) is 0. The molecule has 4 aliphatic rings. The molecule has 0 saturated heterocycles. The monoisotopic (exact) mass is 1100 g/mol. The Morgan fingerprint density at radius 1 is 0.250 bits per heavy atom. The van der Waals surface area contributed by atoms with Gasteiger partial charge in [0.1, 0.15) is 23.0 Å². The molecule has 0 aliphatic carbocycles. The van der Waals surface area contributed by atoms with Crippen molar-refractivity contribution in [2.75, 3.05) is 159 Å². The van der Waals surface area contributed by atoms with Gasteiger partial charge in [0.25, 0.3) is 47.3 Å². The van der Waals surface area contributed by atoms with Crippen molar-refractivity contribution in [3.8, 4) is 23.0 Å². The first-order chi connectivity index (χ1) is 38.8. The van der Waals surface area contributed by atoms with Crippen LogP contribution in [0.3, 0.4) is 0 Å². The lowest BCUT2D eigenvalue weighted by molar-refractivity contribution is 0.0908. The van der Waals surface area contributed by atoms with Gasteiger partial charge in [-0.3, -0.25) is 58.0 Å². The van der Waals surface area contributed by atoms with Crippen LogP contribution >= 0.6 is 0 Å². The van der Waals surface area contributed by atoms with Gasteiger partial charge in [-0.1, -0.05) is 24.3 Å². The van der Waals surface area contributed by atoms with Crippen LogP contribution in [0.15, 0.2) is 72.8 Å². The number of ether oxygens (including phenoxy) is 4. The molecular weight excluding hydrogens is 1030 g/mol. The summed E-state index contributed by atoms with van der Waals surface area (Å²) in [5.41, 5.74) is 1.21. The lowest BCUT2D eigenvalue weighted by atomic mass is 10.1. The van der Waals surface area contributed by atoms with E-state index in [-0.39, 0.29) is 172 Å². The van der Waals surface area contributed by atoms with E-state index in [9.17, 15) is 38.4 Å². The highest BCUT2D eigenvalue weighted by atomic mass is 16.5. The third kappa shape index (κ3) is 15.5. The van der Waals surface area contributed by atoms with E-state index < -0.39 is 47.3 Å². The highest BCUT2D eigenvalue weighted by molar-refractivity contribution is 6.07. The molecule has 8 rings (SSSR count). The molecule has 0 fully saturated rings. The minimum absolute atomic E-state index is 0.0926. The molecular formula is C56H72N12O12. The van der Waals surface area contributed by atoms with Gasteiger partial charge in [-0.15, -0.1) is 0 Å². The maximum Gasteiger partial charge on any atom is 0.255 e. The van der Waals surface area contributed by atoms with Crippen molar-refractivity contribution < 1.29 is 57.3 Å². The van der Waals surface area contributed by atoms with E-state index in [4.69, 9.17) is 18.9 Å². The van der Waals surface area contributed by atoms with Crippen molar-refractivity contribution >= 4 is 47.3 Å². The fourth-order valence-corrected chi connectivity index (χ4v) is 9.75. The summed E-state index contributed by atoms with van der Waals surface area (Å²) in [5.74, 6) is -3.41. The van der Waals surface area contributed by atoms with Crippen molar-refractivity contribution in [1.29, 1.82) is 0 Å². The predicted octanol–water partition coefficient (Wildman–Crippen LogP) is -0.0912. The smallest absolute Gasteiger partial charge is 0.255 e. The number of methoxy groups -OCH3 is 4. The number of amides is 8. The number of carbonyl (C=O) groups excluding carboxylic acids is 8. The second-order valence-corrected chi connectivity index (χ2v) is 19.0. The number of para-hydroxylation sites is 4. The van der Waals surface area contributed by atoms with Crippen LogP contribution < -0.4 is 61.5 Å². The van der Waals surface area contributed by atoms with Crippen LogP contribution in [-0.4, -0.2) is 226 Å². The summed E-state index contributed by atoms with van der Waals surface area (Å²) in [6.45, 7) is 4.77. The molecule has 0 saturated carbocycles. The first-order valence-corrected chi connectivity index (χ1v) is 26.7. The summed E-state index contributed by atoms with van der Waals surface area (Å²) in [7, 11) is 5.56. The number of rotatable bonds is 4. The van der Waals surface area contributed by atoms with Crippen molar-refractivity contribution in [3.63, 3.8) is 0 Å². The van der Waals surface area contributed by atoms with Gasteiger partial charge in [-0.05, 0) is 48.5 Å². The van der Waals surface area contributed by atoms with Gasteiger partial charge < -0.3 is 61.5 Å². The Kier molecular flexibility index (Phi) is 22.0. The van der Waals surface area contributed by atoms with E-state index in [1.165, 1.54) is 28.4 Å². The van der Waals surface area contributed by atoms with E-state index >= 15 is 0 Å². The Balaban J connectivity index is 1.31. The molecule has 8 amide bonds. The zero-order valence-corrected chi connectivity index (χ0v) is 45.8. The largest absolute Gasteiger partial charge is 0.495 e. The van der Waals surface area contributed by atoms with E-state index in [0.717, 1.165) is 0 Å². The molecule has 0 aromatic heterocycles. The lowest BCUT2D eigenvalue weighted by Crippen LogP contribution is -2.46. The van der Waals surface area contributed by atoms with Gasteiger partial charge in [0.2, 0.25) is 0 Å². The Bertz CT molecular complexity index is 2340. The molecule has 0 unspecified atom stereocenters. The number of fused-ring (bicyclic) bond motifs is 16. The van der Waals surface area contributed by atoms with Gasteiger partial charge in [0.15, 0.2) is 0 Å². The van der Waals surface area contributed by atoms with Crippen molar-refractivity contribution in [3.05, 3.63) is 117 Å². The highest BCUT2D eigenvalue weighted by Gasteiger charge is 2.26. The van der Waals surface area contributed by atoms with E-state index in [2.05, 4.69) is 42.5 Å². The SMILES string of the molecule is COc1c2cccc1C(=O)NCCN1CCNC(=O)c3cccc(c3OC)C(=O)NCCN(CCNC2=O)CCN2CCNC(=O)c3cccc(c3OC)C(=O)NCCN(CCNC(=O)c3cccc(c3OC)C(=O)NCC2)CC1. The molecule has 8 N–H and O–H groups in total. The molecule has 80 heavy (non-hydrogen) atoms. The summed E-state index contributed by atoms with van der Waals surface area (Å²) in [6, 6.07) is 19.0. The average molecular weight is 1110 g/mol. The zero-order valence-electron chi connectivity index (χ0n) is 45.8. The minimum Gasteiger partial charge on any atom is -0.495 e. The fraction of sp³-hybridized carbons (Fsp3) is 0.429. The number of carbonyl (C=O) groups is 8. The maximum absolute atomic E-state index is 13.9. The Morgan fingerprint density at radius 3 is 0.512 bits per heavy atom. The molecule has 4 heterocycles. The van der Waals surface area contributed by atoms with Gasteiger partial charge in [-0.25, -0.2) is 0 Å². The molecule has 4 aromatic rings. The van der Waals surface area contributed by atoms with Crippen LogP contribution in [0.25, 0.3) is 0 Å². The van der Waals surface area contributed by atoms with E-state index in [1.54, 1.807) is 72.8 Å². The summed E-state index contributed by atoms with van der Waals surface area (Å²) in [5, 5.41) is 23.8. The number of hydrogen-bond donors (Lipinski definition) is 8. The number of hydrogen-bond acceptors (Lipinski definition) is 16. The summed E-state index contributed by atoms with van der Waals surface area (Å²) < 4.78 is 22.8. The topological polar surface area (TPSA) is 283 Å². The van der Waals surface area contributed by atoms with Crippen LogP contribution in [0.5, 0.6) is 23.0 Å². The fourth-order valence-electron chi connectivity index (χ4n) is 9.75. The predicted molar refractivity (Wildman–Crippen MR) is 296 cm³/mol. The second kappa shape index (κ2) is 29.6. The minimum atomic E-state index is -0.472. The standard InChI is InChI=1S/C56H72N12O12/c1-77-45-37-9-5-10-38(45)50(70)58-18-26-66-28-20-60-52(72)40-12-6-11-39(46(40)78-2)51(71)59-19-27-65(25-17-57-49(37)69)33-35-67-29-21-61-53(73)41-13-7-14-42(47(41)79-3)54(74)62-22-30-68(36-34-66)32-24-64-56(76)44-16-8-15-43(48(44)80-4)55(75)63-23-31-67/h5-16H,17-36H2,1-4H3,(H,57,69)(H,58,70)(H,59,71)(H,60,72)(H,61,73)(H,62,74)(H,63,75)(H,64,76). The molecule has 12 bridgehead atoms. The Hall–Kier alpha value is -8.32. The number of benzene rings is 4. The van der Waals surface area contributed by atoms with Crippen molar-refractivity contribution in [2.24, 2.45) is 0 Å². The summed E-state index contributed by atoms with van der Waals surface area (Å²) in [4.78, 5) is 120. The maximum atomic E-state index is 13.9. The molecule has 0 radical (unpaired) electrons. The van der Waals surface area contributed by atoms with E-state index in [0.29, 0.717) is 26.2 Å². The van der Waals surface area contributed by atoms with Crippen molar-refractivity contribution in [2.45, 2.75) is 0 Å². The number of nitrogens with one attached hydrogen (secondary N) is 8. The van der Waals surface area contributed by atoms with Crippen LogP contribution in [0.2, 0.25) is 0 Å². The molecule has 24 heteroatoms. The third-order valence-electron chi connectivity index (χ3n) is 14.0. The molecule has 428 valence electrons. The second-order valence-electron chi connectivity index (χ2n) is 19.0. The summed E-state index contributed by atoms with van der Waals surface area (Å²) >= 11 is 0. The van der Waals surface area contributed by atoms with Crippen LogP contribution in [-0.2, 0) is 0 Å². The van der Waals surface area contributed by atoms with Crippen LogP contribution in [0, 0.1) is 0 Å². The van der Waals surface area contributed by atoms with Crippen molar-refractivity contribution in [1.82, 2.24) is 62.1 Å². The quantitative estimate of drug-likeness (QED) is 0.133. The van der Waals surface area contributed by atoms with Gasteiger partial charge in [0.05, 0.1) is 72.9 Å². The first kappa shape index (κ1) is 59.3. The molecule has 4 aliphatic heterocycles. The van der Waals surface area contributed by atoms with Crippen LogP contribution in [0.1, 0.15) is 82.9 Å². The molecule has 4 aromatic carbocycles. The first-order valence-electron chi connectivity index (χ1n) is 26.7. The van der Waals surface area contributed by atoms with Gasteiger partial charge >= 0.3 is 0 Å². The Morgan fingerprint density at radius 2 is 0.388 bits per heavy atom. The van der Waals surface area contributed by atoms with Crippen LogP contribution in [0.4, 0.5) is 0 Å². The molecule has 24 nitrogen and oxygen atoms in total. The molecule has 0 spiro atoms. The highest BCUT2D eigenvalue weighted by Crippen LogP contribution is 2.27. The lowest BCUT2D eigenvalue weighted by Gasteiger charge is -2.29. The van der Waals surface area contributed by atoms with Gasteiger partial charge in [0, 0.05) is 131 Å². The average Bonchev–Trinajstić information content (AvgIpc) is 3.49. The van der Waals surface area contributed by atoms with Gasteiger partial charge in [-0.2, -0.15) is 0 Å².